The number of hydrogen-bond acceptors (Lipinski definition) is 3. The van der Waals surface area contributed by atoms with E-state index >= 15 is 0 Å². The fourth-order valence-electron chi connectivity index (χ4n) is 3.12. The van der Waals surface area contributed by atoms with Crippen molar-refractivity contribution in [3.8, 4) is 0 Å². The Bertz CT molecular complexity index is 741. The van der Waals surface area contributed by atoms with Crippen molar-refractivity contribution in [2.24, 2.45) is 7.05 Å². The zero-order valence-corrected chi connectivity index (χ0v) is 14.8. The smallest absolute Gasteiger partial charge is 0.316 e. The number of aromatic nitrogens is 2. The van der Waals surface area contributed by atoms with Gasteiger partial charge in [0.05, 0.1) is 11.7 Å². The minimum Gasteiger partial charge on any atom is -0.316 e. The average Bonchev–Trinajstić information content (AvgIpc) is 3.01. The molecule has 24 heavy (non-hydrogen) atoms. The number of likely N-dealkylation sites (tertiary alicyclic amines) is 1. The lowest BCUT2D eigenvalue weighted by Gasteiger charge is -2.35. The summed E-state index contributed by atoms with van der Waals surface area (Å²) in [5.74, 6) is 0. The van der Waals surface area contributed by atoms with Crippen molar-refractivity contribution < 1.29 is 9.00 Å². The van der Waals surface area contributed by atoms with Crippen LogP contribution in [0.4, 0.5) is 10.5 Å². The first-order valence-electron chi connectivity index (χ1n) is 8.05. The number of carbonyl (C=O) groups is 1. The highest BCUT2D eigenvalue weighted by Crippen LogP contribution is 2.31. The molecule has 2 aromatic rings. The highest BCUT2D eigenvalue weighted by molar-refractivity contribution is 7.84. The molecule has 0 radical (unpaired) electrons. The molecule has 128 valence electrons. The zero-order chi connectivity index (χ0) is 17.1. The summed E-state index contributed by atoms with van der Waals surface area (Å²) in [6, 6.07) is 9.05. The molecule has 6 nitrogen and oxygen atoms in total. The van der Waals surface area contributed by atoms with Crippen LogP contribution in [0.15, 0.2) is 41.4 Å². The van der Waals surface area contributed by atoms with E-state index in [2.05, 4.69) is 10.4 Å². The molecule has 1 fully saturated rings. The van der Waals surface area contributed by atoms with E-state index in [1.54, 1.807) is 36.7 Å². The summed E-state index contributed by atoms with van der Waals surface area (Å²) in [4.78, 5) is 15.4. The van der Waals surface area contributed by atoms with Crippen LogP contribution in [0, 0.1) is 0 Å². The summed E-state index contributed by atoms with van der Waals surface area (Å²) in [6.45, 7) is 0.735. The molecule has 7 heteroatoms. The molecule has 2 amide bonds. The minimum absolute atomic E-state index is 0.0497. The quantitative estimate of drug-likeness (QED) is 0.929. The molecule has 3 rings (SSSR count). The first-order valence-corrected chi connectivity index (χ1v) is 9.61. The van der Waals surface area contributed by atoms with Crippen LogP contribution in [0.2, 0.25) is 0 Å². The lowest BCUT2D eigenvalue weighted by atomic mass is 9.99. The van der Waals surface area contributed by atoms with Gasteiger partial charge >= 0.3 is 6.03 Å². The van der Waals surface area contributed by atoms with E-state index < -0.39 is 10.8 Å². The third kappa shape index (κ3) is 3.51. The number of carbonyl (C=O) groups excluding carboxylic acids is 1. The van der Waals surface area contributed by atoms with Gasteiger partial charge in [-0.15, -0.1) is 0 Å². The van der Waals surface area contributed by atoms with Crippen LogP contribution in [-0.4, -0.2) is 37.7 Å². The second-order valence-electron chi connectivity index (χ2n) is 5.99. The van der Waals surface area contributed by atoms with Crippen LogP contribution in [-0.2, 0) is 17.8 Å². The van der Waals surface area contributed by atoms with Gasteiger partial charge < -0.3 is 10.2 Å². The Morgan fingerprint density at radius 1 is 1.25 bits per heavy atom. The molecule has 0 bridgehead atoms. The number of urea groups is 1. The zero-order valence-electron chi connectivity index (χ0n) is 13.9. The van der Waals surface area contributed by atoms with E-state index in [1.165, 1.54) is 0 Å². The van der Waals surface area contributed by atoms with E-state index in [1.807, 2.05) is 22.7 Å². The highest BCUT2D eigenvalue weighted by atomic mass is 32.2. The van der Waals surface area contributed by atoms with Gasteiger partial charge in [-0.25, -0.2) is 4.79 Å². The molecule has 0 aliphatic carbocycles. The monoisotopic (exact) mass is 346 g/mol. The van der Waals surface area contributed by atoms with Crippen molar-refractivity contribution in [2.75, 3.05) is 18.1 Å². The van der Waals surface area contributed by atoms with Crippen LogP contribution >= 0.6 is 0 Å². The summed E-state index contributed by atoms with van der Waals surface area (Å²) in [7, 11) is 0.891. The van der Waals surface area contributed by atoms with Crippen molar-refractivity contribution in [1.82, 2.24) is 14.7 Å². The molecule has 1 aromatic heterocycles. The number of hydrogen-bond donors (Lipinski definition) is 1. The Morgan fingerprint density at radius 3 is 2.62 bits per heavy atom. The number of nitrogens with one attached hydrogen (secondary N) is 1. The number of anilines is 1. The third-order valence-electron chi connectivity index (χ3n) is 4.40. The second-order valence-corrected chi connectivity index (χ2v) is 7.37. The Morgan fingerprint density at radius 2 is 2.00 bits per heavy atom. The number of benzene rings is 1. The van der Waals surface area contributed by atoms with E-state index in [4.69, 9.17) is 0 Å². The third-order valence-corrected chi connectivity index (χ3v) is 5.34. The summed E-state index contributed by atoms with van der Waals surface area (Å²) < 4.78 is 13.3. The molecule has 1 N–H and O–H groups in total. The largest absolute Gasteiger partial charge is 0.322 e. The first-order chi connectivity index (χ1) is 11.6. The predicted octanol–water partition coefficient (Wildman–Crippen LogP) is 2.92. The Balaban J connectivity index is 1.74. The first kappa shape index (κ1) is 16.7. The summed E-state index contributed by atoms with van der Waals surface area (Å²) in [5.41, 5.74) is 1.77. The number of nitrogens with zero attached hydrogens (tertiary/aromatic N) is 3. The molecule has 1 saturated heterocycles. The average molecular weight is 346 g/mol. The summed E-state index contributed by atoms with van der Waals surface area (Å²) in [6.07, 6.45) is 6.47. The van der Waals surface area contributed by atoms with E-state index in [0.717, 1.165) is 36.4 Å². The molecule has 2 atom stereocenters. The molecule has 0 saturated carbocycles. The SMILES string of the molecule is Cn1nccc1[C@@H]1CCCCN1C(=O)Nc1ccc([S@](C)=O)cc1. The molecule has 1 aromatic carbocycles. The van der Waals surface area contributed by atoms with Gasteiger partial charge in [0, 0.05) is 47.4 Å². The van der Waals surface area contributed by atoms with Gasteiger partial charge in [-0.05, 0) is 49.6 Å². The van der Waals surface area contributed by atoms with Crippen LogP contribution in [0.1, 0.15) is 31.0 Å². The Labute approximate surface area is 144 Å². The highest BCUT2D eigenvalue weighted by Gasteiger charge is 2.29. The minimum atomic E-state index is -1.02. The lowest BCUT2D eigenvalue weighted by Crippen LogP contribution is -2.41. The molecule has 0 spiro atoms. The van der Waals surface area contributed by atoms with Gasteiger partial charge in [-0.1, -0.05) is 0 Å². The van der Waals surface area contributed by atoms with E-state index in [-0.39, 0.29) is 12.1 Å². The fraction of sp³-hybridized carbons (Fsp3) is 0.412. The maximum absolute atomic E-state index is 12.7. The number of amides is 2. The van der Waals surface area contributed by atoms with E-state index in [9.17, 15) is 9.00 Å². The molecule has 1 aliphatic heterocycles. The predicted molar refractivity (Wildman–Crippen MR) is 94.3 cm³/mol. The van der Waals surface area contributed by atoms with Crippen molar-refractivity contribution in [2.45, 2.75) is 30.2 Å². The molecular weight excluding hydrogens is 324 g/mol. The van der Waals surface area contributed by atoms with Gasteiger partial charge in [-0.3, -0.25) is 8.89 Å². The Kier molecular flexibility index (Phi) is 4.99. The van der Waals surface area contributed by atoms with Gasteiger partial charge in [-0.2, -0.15) is 5.10 Å². The molecule has 0 unspecified atom stereocenters. The lowest BCUT2D eigenvalue weighted by molar-refractivity contribution is 0.159. The number of rotatable bonds is 3. The van der Waals surface area contributed by atoms with Crippen molar-refractivity contribution >= 4 is 22.5 Å². The van der Waals surface area contributed by atoms with Gasteiger partial charge in [0.25, 0.3) is 0 Å². The van der Waals surface area contributed by atoms with Crippen LogP contribution in [0.25, 0.3) is 0 Å². The Hall–Kier alpha value is -2.15. The topological polar surface area (TPSA) is 67.2 Å². The number of aryl methyl sites for hydroxylation is 1. The van der Waals surface area contributed by atoms with Crippen molar-refractivity contribution in [3.63, 3.8) is 0 Å². The normalized spacial score (nSPS) is 19.1. The van der Waals surface area contributed by atoms with Crippen LogP contribution < -0.4 is 5.32 Å². The summed E-state index contributed by atoms with van der Waals surface area (Å²) in [5, 5.41) is 7.17. The van der Waals surface area contributed by atoms with Crippen LogP contribution in [0.5, 0.6) is 0 Å². The van der Waals surface area contributed by atoms with Crippen molar-refractivity contribution in [3.05, 3.63) is 42.2 Å². The molecular formula is C17H22N4O2S. The molecule has 1 aliphatic rings. The standard InChI is InChI=1S/C17H22N4O2S/c1-20-15(10-11-18-20)16-5-3-4-12-21(16)17(22)19-13-6-8-14(9-7-13)24(2)23/h6-11,16H,3-5,12H2,1-2H3,(H,19,22)/t16-,24-/m0/s1. The van der Waals surface area contributed by atoms with Gasteiger partial charge in [0.15, 0.2) is 0 Å². The maximum Gasteiger partial charge on any atom is 0.322 e. The van der Waals surface area contributed by atoms with Gasteiger partial charge in [0.2, 0.25) is 0 Å². The second kappa shape index (κ2) is 7.17. The number of piperidine rings is 1. The summed E-state index contributed by atoms with van der Waals surface area (Å²) >= 11 is 0. The molecule has 2 heterocycles. The van der Waals surface area contributed by atoms with Crippen LogP contribution in [0.3, 0.4) is 0 Å². The fourth-order valence-corrected chi connectivity index (χ4v) is 3.64. The van der Waals surface area contributed by atoms with E-state index in [0.29, 0.717) is 5.69 Å². The maximum atomic E-state index is 12.7. The van der Waals surface area contributed by atoms with Crippen molar-refractivity contribution in [1.29, 1.82) is 0 Å². The van der Waals surface area contributed by atoms with Gasteiger partial charge in [0.1, 0.15) is 0 Å².